The molecule has 0 aromatic heterocycles. The number of urea groups is 1. The van der Waals surface area contributed by atoms with Crippen molar-refractivity contribution in [3.63, 3.8) is 0 Å². The van der Waals surface area contributed by atoms with Gasteiger partial charge in [-0.2, -0.15) is 0 Å². The standard InChI is InChI=1S/C16H18Cl2N2O4/c1-9-13(15(21)24-3)14(11-5-4-10(17)8-12(11)18)19-16(22)20(9)6-7-23-2/h4-5,8,14H,6-7H2,1-3H3,(H,19,22). The summed E-state index contributed by atoms with van der Waals surface area (Å²) in [6, 6.07) is 3.83. The van der Waals surface area contributed by atoms with Crippen molar-refractivity contribution >= 4 is 35.2 Å². The number of hydrogen-bond acceptors (Lipinski definition) is 4. The SMILES string of the molecule is COCCN1C(=O)NC(c2ccc(Cl)cc2Cl)C(C(=O)OC)=C1C. The van der Waals surface area contributed by atoms with Gasteiger partial charge in [0, 0.05) is 22.9 Å². The summed E-state index contributed by atoms with van der Waals surface area (Å²) in [6.45, 7) is 2.35. The fourth-order valence-corrected chi connectivity index (χ4v) is 3.09. The van der Waals surface area contributed by atoms with Crippen molar-refractivity contribution in [2.75, 3.05) is 27.4 Å². The summed E-state index contributed by atoms with van der Waals surface area (Å²) in [6.07, 6.45) is 0. The largest absolute Gasteiger partial charge is 0.466 e. The van der Waals surface area contributed by atoms with Crippen LogP contribution >= 0.6 is 23.2 Å². The minimum Gasteiger partial charge on any atom is -0.466 e. The molecule has 1 heterocycles. The Hall–Kier alpha value is -1.76. The van der Waals surface area contributed by atoms with E-state index < -0.39 is 12.0 Å². The van der Waals surface area contributed by atoms with Gasteiger partial charge in [-0.05, 0) is 24.6 Å². The smallest absolute Gasteiger partial charge is 0.337 e. The van der Waals surface area contributed by atoms with Gasteiger partial charge in [0.1, 0.15) is 0 Å². The van der Waals surface area contributed by atoms with Crippen LogP contribution in [0.3, 0.4) is 0 Å². The molecule has 0 fully saturated rings. The van der Waals surface area contributed by atoms with Crippen molar-refractivity contribution in [1.29, 1.82) is 0 Å². The van der Waals surface area contributed by atoms with Crippen molar-refractivity contribution in [1.82, 2.24) is 10.2 Å². The number of nitrogens with zero attached hydrogens (tertiary/aromatic N) is 1. The van der Waals surface area contributed by atoms with E-state index in [4.69, 9.17) is 32.7 Å². The molecule has 1 aromatic rings. The zero-order chi connectivity index (χ0) is 17.9. The first-order valence-corrected chi connectivity index (χ1v) is 7.97. The average Bonchev–Trinajstić information content (AvgIpc) is 2.53. The van der Waals surface area contributed by atoms with Crippen LogP contribution in [0.25, 0.3) is 0 Å². The molecular weight excluding hydrogens is 355 g/mol. The Kier molecular flexibility index (Phi) is 6.10. The van der Waals surface area contributed by atoms with E-state index in [0.29, 0.717) is 40.0 Å². The lowest BCUT2D eigenvalue weighted by atomic mass is 9.95. The Labute approximate surface area is 150 Å². The molecule has 0 saturated heterocycles. The van der Waals surface area contributed by atoms with E-state index in [9.17, 15) is 9.59 Å². The number of carbonyl (C=O) groups excluding carboxylic acids is 2. The van der Waals surface area contributed by atoms with Gasteiger partial charge < -0.3 is 14.8 Å². The first-order valence-electron chi connectivity index (χ1n) is 7.21. The lowest BCUT2D eigenvalue weighted by Gasteiger charge is -2.35. The van der Waals surface area contributed by atoms with Crippen molar-refractivity contribution in [2.24, 2.45) is 0 Å². The highest BCUT2D eigenvalue weighted by molar-refractivity contribution is 6.35. The second-order valence-electron chi connectivity index (χ2n) is 5.18. The molecule has 1 unspecified atom stereocenters. The normalized spacial score (nSPS) is 17.8. The number of amides is 2. The lowest BCUT2D eigenvalue weighted by molar-refractivity contribution is -0.136. The molecule has 0 aliphatic carbocycles. The van der Waals surface area contributed by atoms with Gasteiger partial charge in [-0.15, -0.1) is 0 Å². The molecule has 1 atom stereocenters. The van der Waals surface area contributed by atoms with Gasteiger partial charge in [-0.3, -0.25) is 4.90 Å². The number of esters is 1. The Morgan fingerprint density at radius 2 is 2.04 bits per heavy atom. The van der Waals surface area contributed by atoms with E-state index in [-0.39, 0.29) is 6.03 Å². The van der Waals surface area contributed by atoms with Crippen LogP contribution in [-0.2, 0) is 14.3 Å². The average molecular weight is 373 g/mol. The number of hydrogen-bond donors (Lipinski definition) is 1. The first-order chi connectivity index (χ1) is 11.4. The number of carbonyl (C=O) groups is 2. The molecule has 1 aromatic carbocycles. The predicted octanol–water partition coefficient (Wildman–Crippen LogP) is 3.15. The van der Waals surface area contributed by atoms with Crippen LogP contribution in [0.2, 0.25) is 10.0 Å². The van der Waals surface area contributed by atoms with Crippen LogP contribution in [0.1, 0.15) is 18.5 Å². The molecule has 1 N–H and O–H groups in total. The summed E-state index contributed by atoms with van der Waals surface area (Å²) in [4.78, 5) is 26.2. The van der Waals surface area contributed by atoms with Crippen LogP contribution in [0.4, 0.5) is 4.79 Å². The van der Waals surface area contributed by atoms with Gasteiger partial charge in [0.25, 0.3) is 0 Å². The number of halogens is 2. The van der Waals surface area contributed by atoms with Gasteiger partial charge in [-0.1, -0.05) is 29.3 Å². The molecule has 130 valence electrons. The summed E-state index contributed by atoms with van der Waals surface area (Å²) in [5.41, 5.74) is 1.39. The quantitative estimate of drug-likeness (QED) is 0.806. The number of benzene rings is 1. The molecule has 2 rings (SSSR count). The summed E-state index contributed by atoms with van der Waals surface area (Å²) in [5, 5.41) is 3.61. The Morgan fingerprint density at radius 1 is 1.33 bits per heavy atom. The van der Waals surface area contributed by atoms with Gasteiger partial charge in [0.15, 0.2) is 0 Å². The third-order valence-electron chi connectivity index (χ3n) is 3.79. The maximum atomic E-state index is 12.4. The van der Waals surface area contributed by atoms with E-state index >= 15 is 0 Å². The Bertz CT molecular complexity index is 691. The van der Waals surface area contributed by atoms with Crippen LogP contribution in [0.5, 0.6) is 0 Å². The van der Waals surface area contributed by atoms with E-state index in [1.54, 1.807) is 32.2 Å². The highest BCUT2D eigenvalue weighted by Crippen LogP contribution is 2.35. The number of allylic oxidation sites excluding steroid dienone is 1. The molecule has 0 spiro atoms. The second-order valence-corrected chi connectivity index (χ2v) is 6.03. The van der Waals surface area contributed by atoms with Crippen molar-refractivity contribution in [3.05, 3.63) is 45.1 Å². The highest BCUT2D eigenvalue weighted by atomic mass is 35.5. The molecule has 24 heavy (non-hydrogen) atoms. The molecular formula is C16H18Cl2N2O4. The zero-order valence-corrected chi connectivity index (χ0v) is 15.1. The van der Waals surface area contributed by atoms with Gasteiger partial charge >= 0.3 is 12.0 Å². The highest BCUT2D eigenvalue weighted by Gasteiger charge is 2.36. The first kappa shape index (κ1) is 18.6. The maximum absolute atomic E-state index is 12.4. The van der Waals surface area contributed by atoms with Crippen LogP contribution in [-0.4, -0.2) is 44.3 Å². The molecule has 0 radical (unpaired) electrons. The van der Waals surface area contributed by atoms with Gasteiger partial charge in [-0.25, -0.2) is 9.59 Å². The third-order valence-corrected chi connectivity index (χ3v) is 4.36. The molecule has 1 aliphatic heterocycles. The summed E-state index contributed by atoms with van der Waals surface area (Å²) < 4.78 is 9.90. The molecule has 2 amide bonds. The van der Waals surface area contributed by atoms with E-state index in [0.717, 1.165) is 0 Å². The molecule has 0 bridgehead atoms. The lowest BCUT2D eigenvalue weighted by Crippen LogP contribution is -2.49. The Morgan fingerprint density at radius 3 is 2.62 bits per heavy atom. The van der Waals surface area contributed by atoms with Crippen LogP contribution < -0.4 is 5.32 Å². The summed E-state index contributed by atoms with van der Waals surface area (Å²) >= 11 is 12.2. The topological polar surface area (TPSA) is 67.9 Å². The van der Waals surface area contributed by atoms with Crippen LogP contribution in [0, 0.1) is 0 Å². The number of methoxy groups -OCH3 is 2. The zero-order valence-electron chi connectivity index (χ0n) is 13.6. The number of ether oxygens (including phenoxy) is 2. The van der Waals surface area contributed by atoms with Crippen molar-refractivity contribution < 1.29 is 19.1 Å². The molecule has 8 heteroatoms. The van der Waals surface area contributed by atoms with Gasteiger partial charge in [0.05, 0.1) is 31.9 Å². The van der Waals surface area contributed by atoms with Gasteiger partial charge in [0.2, 0.25) is 0 Å². The fourth-order valence-electron chi connectivity index (χ4n) is 2.58. The number of rotatable bonds is 5. The monoisotopic (exact) mass is 372 g/mol. The molecule has 1 aliphatic rings. The van der Waals surface area contributed by atoms with E-state index in [1.807, 2.05) is 0 Å². The van der Waals surface area contributed by atoms with Crippen LogP contribution in [0.15, 0.2) is 29.5 Å². The molecule has 0 saturated carbocycles. The van der Waals surface area contributed by atoms with Crippen molar-refractivity contribution in [2.45, 2.75) is 13.0 Å². The minimum atomic E-state index is -0.714. The number of nitrogens with one attached hydrogen (secondary N) is 1. The molecule has 6 nitrogen and oxygen atoms in total. The third kappa shape index (κ3) is 3.66. The second kappa shape index (κ2) is 7.88. The predicted molar refractivity (Wildman–Crippen MR) is 91.0 cm³/mol. The summed E-state index contributed by atoms with van der Waals surface area (Å²) in [5.74, 6) is -0.536. The maximum Gasteiger partial charge on any atom is 0.337 e. The minimum absolute atomic E-state index is 0.315. The summed E-state index contributed by atoms with van der Waals surface area (Å²) in [7, 11) is 2.83. The van der Waals surface area contributed by atoms with Crippen molar-refractivity contribution in [3.8, 4) is 0 Å². The van der Waals surface area contributed by atoms with E-state index in [2.05, 4.69) is 5.32 Å². The Balaban J connectivity index is 2.52. The fraction of sp³-hybridized carbons (Fsp3) is 0.375. The van der Waals surface area contributed by atoms with E-state index in [1.165, 1.54) is 12.0 Å².